The Bertz CT molecular complexity index is 798. The largest absolute Gasteiger partial charge is 0.449 e. The maximum absolute atomic E-state index is 13.5. The molecule has 0 unspecified atom stereocenters. The topological polar surface area (TPSA) is 30.2 Å². The van der Waals surface area contributed by atoms with Crippen LogP contribution in [0.3, 0.4) is 0 Å². The van der Waals surface area contributed by atoms with E-state index in [1.807, 2.05) is 0 Å². The van der Waals surface area contributed by atoms with E-state index in [4.69, 9.17) is 4.42 Å². The molecule has 100 valence electrons. The second-order valence-corrected chi connectivity index (χ2v) is 4.62. The van der Waals surface area contributed by atoms with E-state index in [9.17, 15) is 13.6 Å². The van der Waals surface area contributed by atoms with E-state index < -0.39 is 17.4 Å². The Morgan fingerprint density at radius 1 is 1.10 bits per heavy atom. The van der Waals surface area contributed by atoms with Gasteiger partial charge in [-0.3, -0.25) is 4.79 Å². The van der Waals surface area contributed by atoms with Gasteiger partial charge in [0.25, 0.3) is 0 Å². The number of hydrogen-bond acceptors (Lipinski definition) is 2. The van der Waals surface area contributed by atoms with Crippen molar-refractivity contribution >= 4 is 16.8 Å². The van der Waals surface area contributed by atoms with Gasteiger partial charge in [-0.2, -0.15) is 0 Å². The quantitative estimate of drug-likeness (QED) is 0.653. The highest BCUT2D eigenvalue weighted by molar-refractivity contribution is 6.09. The summed E-state index contributed by atoms with van der Waals surface area (Å²) in [6.07, 6.45) is 0. The average molecular weight is 272 g/mol. The molecule has 0 saturated carbocycles. The molecule has 1 aromatic heterocycles. The van der Waals surface area contributed by atoms with Crippen LogP contribution in [0.25, 0.3) is 11.0 Å². The Morgan fingerprint density at radius 2 is 1.90 bits per heavy atom. The molecule has 0 saturated heterocycles. The standard InChI is InChI=1S/C16H10F2O2/c1-9-5-11(7-12(17)6-9)15(19)14-8-10-3-2-4-13(18)16(10)20-14/h2-8H,1H3. The van der Waals surface area contributed by atoms with Crippen molar-refractivity contribution < 1.29 is 18.0 Å². The van der Waals surface area contributed by atoms with E-state index in [2.05, 4.69) is 0 Å². The predicted octanol–water partition coefficient (Wildman–Crippen LogP) is 4.25. The van der Waals surface area contributed by atoms with Crippen LogP contribution in [-0.4, -0.2) is 5.78 Å². The van der Waals surface area contributed by atoms with E-state index in [1.165, 1.54) is 24.3 Å². The highest BCUT2D eigenvalue weighted by Crippen LogP contribution is 2.24. The molecular weight excluding hydrogens is 262 g/mol. The molecule has 0 N–H and O–H groups in total. The Labute approximate surface area is 113 Å². The van der Waals surface area contributed by atoms with Gasteiger partial charge in [-0.15, -0.1) is 0 Å². The van der Waals surface area contributed by atoms with Crippen molar-refractivity contribution in [1.82, 2.24) is 0 Å². The van der Waals surface area contributed by atoms with Crippen molar-refractivity contribution in [3.8, 4) is 0 Å². The van der Waals surface area contributed by atoms with Gasteiger partial charge in [0.2, 0.25) is 5.78 Å². The number of carbonyl (C=O) groups excluding carboxylic acids is 1. The number of benzene rings is 2. The number of fused-ring (bicyclic) bond motifs is 1. The highest BCUT2D eigenvalue weighted by Gasteiger charge is 2.17. The van der Waals surface area contributed by atoms with Crippen molar-refractivity contribution in [3.63, 3.8) is 0 Å². The number of hydrogen-bond donors (Lipinski definition) is 0. The maximum Gasteiger partial charge on any atom is 0.228 e. The minimum Gasteiger partial charge on any atom is -0.449 e. The zero-order valence-electron chi connectivity index (χ0n) is 10.6. The van der Waals surface area contributed by atoms with E-state index in [0.717, 1.165) is 6.07 Å². The lowest BCUT2D eigenvalue weighted by atomic mass is 10.1. The summed E-state index contributed by atoms with van der Waals surface area (Å²) in [7, 11) is 0. The summed E-state index contributed by atoms with van der Waals surface area (Å²) in [6.45, 7) is 1.69. The predicted molar refractivity (Wildman–Crippen MR) is 70.7 cm³/mol. The van der Waals surface area contributed by atoms with Gasteiger partial charge < -0.3 is 4.42 Å². The molecule has 20 heavy (non-hydrogen) atoms. The number of aryl methyl sites for hydroxylation is 1. The van der Waals surface area contributed by atoms with Gasteiger partial charge >= 0.3 is 0 Å². The zero-order chi connectivity index (χ0) is 14.3. The Kier molecular flexibility index (Phi) is 2.86. The Morgan fingerprint density at radius 3 is 2.60 bits per heavy atom. The summed E-state index contributed by atoms with van der Waals surface area (Å²) in [4.78, 5) is 12.2. The number of rotatable bonds is 2. The zero-order valence-corrected chi connectivity index (χ0v) is 10.6. The van der Waals surface area contributed by atoms with Crippen molar-refractivity contribution in [2.24, 2.45) is 0 Å². The van der Waals surface area contributed by atoms with Gasteiger partial charge in [0.15, 0.2) is 17.2 Å². The average Bonchev–Trinajstić information content (AvgIpc) is 2.82. The molecule has 2 aromatic carbocycles. The van der Waals surface area contributed by atoms with Gasteiger partial charge in [0, 0.05) is 10.9 Å². The van der Waals surface area contributed by atoms with Crippen LogP contribution in [0.5, 0.6) is 0 Å². The van der Waals surface area contributed by atoms with Gasteiger partial charge in [0.1, 0.15) is 5.82 Å². The van der Waals surface area contributed by atoms with E-state index in [1.54, 1.807) is 19.1 Å². The van der Waals surface area contributed by atoms with Crippen LogP contribution in [0, 0.1) is 18.6 Å². The summed E-state index contributed by atoms with van der Waals surface area (Å²) < 4.78 is 32.1. The van der Waals surface area contributed by atoms with Crippen LogP contribution in [0.15, 0.2) is 46.9 Å². The molecule has 3 aromatic rings. The van der Waals surface area contributed by atoms with Crippen LogP contribution in [-0.2, 0) is 0 Å². The van der Waals surface area contributed by atoms with Crippen LogP contribution >= 0.6 is 0 Å². The van der Waals surface area contributed by atoms with Crippen LogP contribution in [0.2, 0.25) is 0 Å². The fraction of sp³-hybridized carbons (Fsp3) is 0.0625. The fourth-order valence-electron chi connectivity index (χ4n) is 2.15. The second-order valence-electron chi connectivity index (χ2n) is 4.62. The first-order valence-corrected chi connectivity index (χ1v) is 6.04. The molecule has 0 fully saturated rings. The smallest absolute Gasteiger partial charge is 0.228 e. The third-order valence-corrected chi connectivity index (χ3v) is 3.02. The summed E-state index contributed by atoms with van der Waals surface area (Å²) in [5, 5.41) is 0.501. The monoisotopic (exact) mass is 272 g/mol. The molecule has 0 aliphatic rings. The molecule has 0 spiro atoms. The minimum absolute atomic E-state index is 0.00454. The summed E-state index contributed by atoms with van der Waals surface area (Å²) >= 11 is 0. The highest BCUT2D eigenvalue weighted by atomic mass is 19.1. The van der Waals surface area contributed by atoms with Gasteiger partial charge in [-0.05, 0) is 42.8 Å². The van der Waals surface area contributed by atoms with Crippen molar-refractivity contribution in [3.05, 3.63) is 71.0 Å². The van der Waals surface area contributed by atoms with Crippen LogP contribution < -0.4 is 0 Å². The third-order valence-electron chi connectivity index (χ3n) is 3.02. The molecule has 0 radical (unpaired) electrons. The second kappa shape index (κ2) is 4.56. The molecule has 1 heterocycles. The normalized spacial score (nSPS) is 10.9. The SMILES string of the molecule is Cc1cc(F)cc(C(=O)c2cc3cccc(F)c3o2)c1. The molecule has 3 rings (SSSR count). The van der Waals surface area contributed by atoms with Crippen LogP contribution in [0.1, 0.15) is 21.7 Å². The molecule has 0 aliphatic heterocycles. The van der Waals surface area contributed by atoms with Crippen LogP contribution in [0.4, 0.5) is 8.78 Å². The molecule has 0 atom stereocenters. The lowest BCUT2D eigenvalue weighted by molar-refractivity contribution is 0.101. The van der Waals surface area contributed by atoms with Gasteiger partial charge in [0.05, 0.1) is 0 Å². The Hall–Kier alpha value is -2.49. The fourth-order valence-corrected chi connectivity index (χ4v) is 2.15. The Balaban J connectivity index is 2.10. The van der Waals surface area contributed by atoms with Crippen molar-refractivity contribution in [2.45, 2.75) is 6.92 Å². The number of carbonyl (C=O) groups is 1. The number of halogens is 2. The molecular formula is C16H10F2O2. The lowest BCUT2D eigenvalue weighted by Crippen LogP contribution is -2.00. The van der Waals surface area contributed by atoms with Gasteiger partial charge in [-0.1, -0.05) is 12.1 Å². The van der Waals surface area contributed by atoms with Crippen molar-refractivity contribution in [2.75, 3.05) is 0 Å². The summed E-state index contributed by atoms with van der Waals surface area (Å²) in [6, 6.07) is 9.93. The number of furan rings is 1. The molecule has 0 amide bonds. The number of para-hydroxylation sites is 1. The van der Waals surface area contributed by atoms with Crippen molar-refractivity contribution in [1.29, 1.82) is 0 Å². The minimum atomic E-state index is -0.531. The molecule has 0 aliphatic carbocycles. The third kappa shape index (κ3) is 2.09. The van der Waals surface area contributed by atoms with E-state index in [-0.39, 0.29) is 16.9 Å². The first-order valence-electron chi connectivity index (χ1n) is 6.04. The maximum atomic E-state index is 13.5. The molecule has 0 bridgehead atoms. The lowest BCUT2D eigenvalue weighted by Gasteiger charge is -2.00. The number of ketones is 1. The summed E-state index contributed by atoms with van der Waals surface area (Å²) in [5.41, 5.74) is 0.849. The van der Waals surface area contributed by atoms with Gasteiger partial charge in [-0.25, -0.2) is 8.78 Å². The van der Waals surface area contributed by atoms with E-state index >= 15 is 0 Å². The molecule has 4 heteroatoms. The first-order chi connectivity index (χ1) is 9.54. The van der Waals surface area contributed by atoms with E-state index in [0.29, 0.717) is 10.9 Å². The first kappa shape index (κ1) is 12.5. The summed E-state index contributed by atoms with van der Waals surface area (Å²) in [5.74, 6) is -1.49. The molecule has 2 nitrogen and oxygen atoms in total.